The molecular formula is C18H25N5O4S2. The Morgan fingerprint density at radius 1 is 1.28 bits per heavy atom. The number of nitrogens with zero attached hydrogens (tertiary/aromatic N) is 3. The Hall–Kier alpha value is -2.08. The molecule has 0 bridgehead atoms. The number of aromatic nitrogens is 3. The predicted octanol–water partition coefficient (Wildman–Crippen LogP) is 1.69. The minimum atomic E-state index is -3.64. The number of sulfonamides is 1. The number of ether oxygens (including phenoxy) is 1. The number of carbonyl (C=O) groups is 1. The highest BCUT2D eigenvalue weighted by molar-refractivity contribution is 7.89. The van der Waals surface area contributed by atoms with E-state index in [0.717, 1.165) is 0 Å². The number of hydrogen-bond acceptors (Lipinski definition) is 6. The van der Waals surface area contributed by atoms with Crippen LogP contribution < -0.4 is 5.32 Å². The van der Waals surface area contributed by atoms with Gasteiger partial charge in [0.2, 0.25) is 10.0 Å². The van der Waals surface area contributed by atoms with E-state index in [2.05, 4.69) is 15.5 Å². The fraction of sp³-hybridized carbons (Fsp3) is 0.500. The van der Waals surface area contributed by atoms with Gasteiger partial charge in [-0.2, -0.15) is 9.40 Å². The molecule has 1 aromatic carbocycles. The van der Waals surface area contributed by atoms with Gasteiger partial charge in [-0.05, 0) is 57.3 Å². The lowest BCUT2D eigenvalue weighted by atomic mass is 10.2. The van der Waals surface area contributed by atoms with Gasteiger partial charge >= 0.3 is 0 Å². The third kappa shape index (κ3) is 4.74. The lowest BCUT2D eigenvalue weighted by Gasteiger charge is -2.34. The van der Waals surface area contributed by atoms with Gasteiger partial charge in [0.15, 0.2) is 10.6 Å². The third-order valence-corrected chi connectivity index (χ3v) is 6.86. The summed E-state index contributed by atoms with van der Waals surface area (Å²) in [6.07, 6.45) is -0.329. The lowest BCUT2D eigenvalue weighted by molar-refractivity contribution is -0.0440. The van der Waals surface area contributed by atoms with Crippen molar-refractivity contribution in [2.45, 2.75) is 51.0 Å². The number of hydrogen-bond donors (Lipinski definition) is 2. The van der Waals surface area contributed by atoms with E-state index in [9.17, 15) is 13.2 Å². The summed E-state index contributed by atoms with van der Waals surface area (Å²) in [6.45, 7) is 7.10. The third-order valence-electron chi connectivity index (χ3n) is 4.70. The van der Waals surface area contributed by atoms with Crippen LogP contribution in [0.3, 0.4) is 0 Å². The number of benzene rings is 1. The maximum absolute atomic E-state index is 12.9. The van der Waals surface area contributed by atoms with Crippen LogP contribution in [-0.2, 0) is 27.8 Å². The van der Waals surface area contributed by atoms with Crippen LogP contribution in [-0.4, -0.2) is 58.7 Å². The largest absolute Gasteiger partial charge is 0.373 e. The van der Waals surface area contributed by atoms with Crippen molar-refractivity contribution in [2.75, 3.05) is 13.1 Å². The minimum absolute atomic E-state index is 0.155. The molecule has 2 aromatic rings. The van der Waals surface area contributed by atoms with Crippen molar-refractivity contribution < 1.29 is 17.9 Å². The first kappa shape index (κ1) is 21.6. The van der Waals surface area contributed by atoms with Gasteiger partial charge in [0.25, 0.3) is 5.91 Å². The maximum Gasteiger partial charge on any atom is 0.251 e. The molecule has 9 nitrogen and oxygen atoms in total. The first-order valence-electron chi connectivity index (χ1n) is 9.40. The molecule has 1 aliphatic rings. The van der Waals surface area contributed by atoms with Crippen LogP contribution in [0.4, 0.5) is 0 Å². The van der Waals surface area contributed by atoms with Crippen LogP contribution >= 0.6 is 12.2 Å². The smallest absolute Gasteiger partial charge is 0.251 e. The van der Waals surface area contributed by atoms with E-state index in [-0.39, 0.29) is 29.6 Å². The first-order chi connectivity index (χ1) is 13.7. The van der Waals surface area contributed by atoms with Gasteiger partial charge in [0, 0.05) is 25.2 Å². The summed E-state index contributed by atoms with van der Waals surface area (Å²) in [5, 5.41) is 9.57. The van der Waals surface area contributed by atoms with Crippen LogP contribution in [0.5, 0.6) is 0 Å². The highest BCUT2D eigenvalue weighted by atomic mass is 32.2. The molecule has 1 aliphatic heterocycles. The number of nitrogens with one attached hydrogen (secondary N) is 2. The standard InChI is InChI=1S/C18H25N5O4S2/c1-4-23-16(20-21-18(23)28)9-19-17(24)14-5-7-15(8-6-14)29(25,26)22-10-12(2)27-13(3)11-22/h5-8,12-13H,4,9-11H2,1-3H3,(H,19,24)(H,21,28). The van der Waals surface area contributed by atoms with E-state index in [1.807, 2.05) is 20.8 Å². The summed E-state index contributed by atoms with van der Waals surface area (Å²) in [5.74, 6) is 0.305. The fourth-order valence-electron chi connectivity index (χ4n) is 3.33. The van der Waals surface area contributed by atoms with Gasteiger partial charge in [0.1, 0.15) is 0 Å². The average Bonchev–Trinajstić information content (AvgIpc) is 3.05. The molecule has 158 valence electrons. The van der Waals surface area contributed by atoms with Crippen molar-refractivity contribution in [2.24, 2.45) is 0 Å². The Labute approximate surface area is 175 Å². The molecule has 2 N–H and O–H groups in total. The summed E-state index contributed by atoms with van der Waals surface area (Å²) in [7, 11) is -3.64. The topological polar surface area (TPSA) is 109 Å². The van der Waals surface area contributed by atoms with Crippen LogP contribution in [0.25, 0.3) is 0 Å². The van der Waals surface area contributed by atoms with Gasteiger partial charge in [-0.3, -0.25) is 9.89 Å². The van der Waals surface area contributed by atoms with E-state index in [0.29, 0.717) is 35.8 Å². The van der Waals surface area contributed by atoms with Crippen molar-refractivity contribution in [1.82, 2.24) is 24.4 Å². The quantitative estimate of drug-likeness (QED) is 0.663. The predicted molar refractivity (Wildman–Crippen MR) is 109 cm³/mol. The summed E-state index contributed by atoms with van der Waals surface area (Å²) >= 11 is 5.13. The van der Waals surface area contributed by atoms with E-state index in [1.54, 1.807) is 4.57 Å². The number of aromatic amines is 1. The van der Waals surface area contributed by atoms with Gasteiger partial charge in [-0.25, -0.2) is 8.42 Å². The highest BCUT2D eigenvalue weighted by Gasteiger charge is 2.32. The number of carbonyl (C=O) groups excluding carboxylic acids is 1. The summed E-state index contributed by atoms with van der Waals surface area (Å²) in [4.78, 5) is 12.6. The fourth-order valence-corrected chi connectivity index (χ4v) is 5.20. The zero-order chi connectivity index (χ0) is 21.2. The van der Waals surface area contributed by atoms with Gasteiger partial charge in [-0.15, -0.1) is 0 Å². The average molecular weight is 440 g/mol. The minimum Gasteiger partial charge on any atom is -0.373 e. The van der Waals surface area contributed by atoms with E-state index in [4.69, 9.17) is 17.0 Å². The zero-order valence-corrected chi connectivity index (χ0v) is 18.2. The molecule has 3 rings (SSSR count). The second-order valence-electron chi connectivity index (χ2n) is 6.98. The molecule has 1 amide bonds. The van der Waals surface area contributed by atoms with E-state index >= 15 is 0 Å². The molecule has 1 fully saturated rings. The normalized spacial score (nSPS) is 20.5. The molecule has 0 spiro atoms. The molecule has 29 heavy (non-hydrogen) atoms. The molecular weight excluding hydrogens is 414 g/mol. The molecule has 1 saturated heterocycles. The molecule has 0 saturated carbocycles. The highest BCUT2D eigenvalue weighted by Crippen LogP contribution is 2.21. The monoisotopic (exact) mass is 439 g/mol. The zero-order valence-electron chi connectivity index (χ0n) is 16.6. The van der Waals surface area contributed by atoms with Crippen LogP contribution in [0.2, 0.25) is 0 Å². The van der Waals surface area contributed by atoms with Crippen LogP contribution in [0.1, 0.15) is 37.0 Å². The second kappa shape index (κ2) is 8.74. The van der Waals surface area contributed by atoms with Crippen molar-refractivity contribution in [3.05, 3.63) is 40.4 Å². The second-order valence-corrected chi connectivity index (χ2v) is 9.30. The molecule has 11 heteroatoms. The van der Waals surface area contributed by atoms with Gasteiger partial charge in [-0.1, -0.05) is 0 Å². The molecule has 2 atom stereocenters. The van der Waals surface area contributed by atoms with E-state index < -0.39 is 10.0 Å². The molecule has 0 radical (unpaired) electrons. The SMILES string of the molecule is CCn1c(CNC(=O)c2ccc(S(=O)(=O)N3CC(C)OC(C)C3)cc2)n[nH]c1=S. The van der Waals surface area contributed by atoms with Crippen LogP contribution in [0.15, 0.2) is 29.2 Å². The number of amides is 1. The summed E-state index contributed by atoms with van der Waals surface area (Å²) in [5.41, 5.74) is 0.366. The van der Waals surface area contributed by atoms with Crippen molar-refractivity contribution >= 4 is 28.1 Å². The molecule has 1 aromatic heterocycles. The Morgan fingerprint density at radius 3 is 2.48 bits per heavy atom. The van der Waals surface area contributed by atoms with Gasteiger partial charge < -0.3 is 14.6 Å². The first-order valence-corrected chi connectivity index (χ1v) is 11.2. The Kier molecular flexibility index (Phi) is 6.52. The summed E-state index contributed by atoms with van der Waals surface area (Å²) in [6, 6.07) is 5.92. The number of H-pyrrole nitrogens is 1. The van der Waals surface area contributed by atoms with Crippen molar-refractivity contribution in [3.63, 3.8) is 0 Å². The van der Waals surface area contributed by atoms with Gasteiger partial charge in [0.05, 0.1) is 23.6 Å². The number of rotatable bonds is 6. The Morgan fingerprint density at radius 2 is 1.90 bits per heavy atom. The lowest BCUT2D eigenvalue weighted by Crippen LogP contribution is -2.48. The van der Waals surface area contributed by atoms with Crippen molar-refractivity contribution in [3.8, 4) is 0 Å². The van der Waals surface area contributed by atoms with Crippen LogP contribution in [0, 0.1) is 4.77 Å². The summed E-state index contributed by atoms with van der Waals surface area (Å²) < 4.78 is 35.1. The number of morpholine rings is 1. The van der Waals surface area contributed by atoms with E-state index in [1.165, 1.54) is 28.6 Å². The maximum atomic E-state index is 12.9. The molecule has 2 heterocycles. The Bertz CT molecular complexity index is 1020. The Balaban J connectivity index is 1.69. The van der Waals surface area contributed by atoms with Crippen molar-refractivity contribution in [1.29, 1.82) is 0 Å². The molecule has 0 aliphatic carbocycles. The molecule has 2 unspecified atom stereocenters.